The molecule has 0 saturated heterocycles. The Morgan fingerprint density at radius 1 is 1.12 bits per heavy atom. The van der Waals surface area contributed by atoms with Crippen molar-refractivity contribution < 1.29 is 0 Å². The van der Waals surface area contributed by atoms with E-state index < -0.39 is 0 Å². The number of benzene rings is 1. The van der Waals surface area contributed by atoms with E-state index in [-0.39, 0.29) is 0 Å². The minimum atomic E-state index is 0.792. The average Bonchev–Trinajstić information content (AvgIpc) is 2.99. The molecule has 0 radical (unpaired) electrons. The largest absolute Gasteiger partial charge is 0.356 e. The van der Waals surface area contributed by atoms with Gasteiger partial charge in [-0.25, -0.2) is 4.98 Å². The van der Waals surface area contributed by atoms with E-state index in [4.69, 9.17) is 0 Å². The molecule has 0 fully saturated rings. The fourth-order valence-electron chi connectivity index (χ4n) is 2.69. The van der Waals surface area contributed by atoms with Crippen LogP contribution in [0.4, 0.5) is 0 Å². The molecule has 0 aliphatic heterocycles. The highest BCUT2D eigenvalue weighted by Crippen LogP contribution is 2.11. The van der Waals surface area contributed by atoms with Crippen LogP contribution in [0.2, 0.25) is 0 Å². The third kappa shape index (κ3) is 6.22. The van der Waals surface area contributed by atoms with Crippen molar-refractivity contribution in [3.63, 3.8) is 0 Å². The first-order valence-corrected chi connectivity index (χ1v) is 9.07. The van der Waals surface area contributed by atoms with Gasteiger partial charge in [-0.1, -0.05) is 38.8 Å². The van der Waals surface area contributed by atoms with E-state index in [1.165, 1.54) is 19.3 Å². The minimum Gasteiger partial charge on any atom is -0.356 e. The van der Waals surface area contributed by atoms with Crippen molar-refractivity contribution in [2.24, 2.45) is 10.9 Å². The molecule has 0 spiro atoms. The molecule has 5 heteroatoms. The molecule has 0 amide bonds. The number of nitrogens with one attached hydrogen (secondary N) is 3. The summed E-state index contributed by atoms with van der Waals surface area (Å²) in [5.41, 5.74) is 2.15. The van der Waals surface area contributed by atoms with Gasteiger partial charge in [0.25, 0.3) is 0 Å². The quantitative estimate of drug-likeness (QED) is 0.375. The molecule has 2 aromatic rings. The predicted octanol–water partition coefficient (Wildman–Crippen LogP) is 3.49. The first kappa shape index (κ1) is 18.3. The Kier molecular flexibility index (Phi) is 7.59. The van der Waals surface area contributed by atoms with Crippen LogP contribution >= 0.6 is 0 Å². The zero-order valence-corrected chi connectivity index (χ0v) is 15.2. The van der Waals surface area contributed by atoms with Crippen molar-refractivity contribution in [1.29, 1.82) is 0 Å². The van der Waals surface area contributed by atoms with Crippen molar-refractivity contribution in [1.82, 2.24) is 20.6 Å². The fraction of sp³-hybridized carbons (Fsp3) is 0.579. The molecule has 0 unspecified atom stereocenters. The van der Waals surface area contributed by atoms with Crippen molar-refractivity contribution >= 4 is 17.0 Å². The first-order valence-electron chi connectivity index (χ1n) is 9.07. The number of aromatic nitrogens is 2. The third-order valence-electron chi connectivity index (χ3n) is 4.05. The van der Waals surface area contributed by atoms with Crippen LogP contribution < -0.4 is 10.6 Å². The van der Waals surface area contributed by atoms with Gasteiger partial charge in [0.1, 0.15) is 5.82 Å². The molecule has 3 N–H and O–H groups in total. The lowest BCUT2D eigenvalue weighted by molar-refractivity contribution is 0.534. The lowest BCUT2D eigenvalue weighted by Crippen LogP contribution is -2.38. The molecule has 0 saturated carbocycles. The number of aromatic amines is 1. The Bertz CT molecular complexity index is 596. The third-order valence-corrected chi connectivity index (χ3v) is 4.05. The van der Waals surface area contributed by atoms with Gasteiger partial charge in [0.05, 0.1) is 11.0 Å². The molecule has 1 aromatic carbocycles. The molecule has 1 heterocycles. The number of hydrogen-bond donors (Lipinski definition) is 3. The van der Waals surface area contributed by atoms with E-state index >= 15 is 0 Å². The summed E-state index contributed by atoms with van der Waals surface area (Å²) in [6.07, 6.45) is 5.72. The summed E-state index contributed by atoms with van der Waals surface area (Å²) in [7, 11) is 1.82. The standard InChI is InChI=1S/C19H31N5/c1-15(2)9-6-7-13-21-19(20-3)22-14-8-12-18-23-16-10-4-5-11-17(16)24-18/h4-5,10-11,15H,6-9,12-14H2,1-3H3,(H,23,24)(H2,20,21,22). The summed E-state index contributed by atoms with van der Waals surface area (Å²) in [6.45, 7) is 6.42. The Morgan fingerprint density at radius 3 is 2.58 bits per heavy atom. The fourth-order valence-corrected chi connectivity index (χ4v) is 2.69. The van der Waals surface area contributed by atoms with Gasteiger partial charge in [0.15, 0.2) is 5.96 Å². The van der Waals surface area contributed by atoms with Crippen LogP contribution in [-0.4, -0.2) is 36.1 Å². The second kappa shape index (κ2) is 9.96. The zero-order chi connectivity index (χ0) is 17.2. The normalized spacial score (nSPS) is 12.1. The number of hydrogen-bond acceptors (Lipinski definition) is 2. The average molecular weight is 329 g/mol. The molecule has 2 rings (SSSR count). The number of unbranched alkanes of at least 4 members (excludes halogenated alkanes) is 1. The van der Waals surface area contributed by atoms with E-state index in [2.05, 4.69) is 45.5 Å². The number of aryl methyl sites for hydroxylation is 1. The molecular formula is C19H31N5. The Balaban J connectivity index is 1.61. The summed E-state index contributed by atoms with van der Waals surface area (Å²) in [5, 5.41) is 6.75. The van der Waals surface area contributed by atoms with Gasteiger partial charge >= 0.3 is 0 Å². The molecular weight excluding hydrogens is 298 g/mol. The van der Waals surface area contributed by atoms with E-state index in [1.54, 1.807) is 0 Å². The maximum absolute atomic E-state index is 4.60. The number of H-pyrrole nitrogens is 1. The summed E-state index contributed by atoms with van der Waals surface area (Å²) in [4.78, 5) is 12.2. The SMILES string of the molecule is CN=C(NCCCCC(C)C)NCCCc1nc2ccccc2[nH]1. The van der Waals surface area contributed by atoms with Gasteiger partial charge < -0.3 is 15.6 Å². The number of guanidine groups is 1. The van der Waals surface area contributed by atoms with Crippen molar-refractivity contribution in [3.05, 3.63) is 30.1 Å². The zero-order valence-electron chi connectivity index (χ0n) is 15.2. The van der Waals surface area contributed by atoms with Crippen LogP contribution in [0, 0.1) is 5.92 Å². The van der Waals surface area contributed by atoms with Crippen LogP contribution in [0.15, 0.2) is 29.3 Å². The number of aliphatic imine (C=N–C) groups is 1. The Morgan fingerprint density at radius 2 is 1.88 bits per heavy atom. The highest BCUT2D eigenvalue weighted by Gasteiger charge is 2.02. The van der Waals surface area contributed by atoms with Crippen molar-refractivity contribution in [2.75, 3.05) is 20.1 Å². The Labute approximate surface area is 145 Å². The summed E-state index contributed by atoms with van der Waals surface area (Å²) in [5.74, 6) is 2.74. The summed E-state index contributed by atoms with van der Waals surface area (Å²) in [6, 6.07) is 8.15. The maximum Gasteiger partial charge on any atom is 0.190 e. The molecule has 5 nitrogen and oxygen atoms in total. The number of imidazole rings is 1. The topological polar surface area (TPSA) is 65.1 Å². The molecule has 24 heavy (non-hydrogen) atoms. The molecule has 132 valence electrons. The lowest BCUT2D eigenvalue weighted by atomic mass is 10.1. The predicted molar refractivity (Wildman–Crippen MR) is 102 cm³/mol. The molecule has 0 aliphatic rings. The smallest absolute Gasteiger partial charge is 0.190 e. The van der Waals surface area contributed by atoms with Gasteiger partial charge in [-0.05, 0) is 30.9 Å². The molecule has 0 aliphatic carbocycles. The van der Waals surface area contributed by atoms with Crippen molar-refractivity contribution in [2.45, 2.75) is 46.0 Å². The monoisotopic (exact) mass is 329 g/mol. The summed E-state index contributed by atoms with van der Waals surface area (Å²) < 4.78 is 0. The second-order valence-corrected chi connectivity index (χ2v) is 6.62. The molecule has 0 atom stereocenters. The highest BCUT2D eigenvalue weighted by atomic mass is 15.2. The molecule has 0 bridgehead atoms. The lowest BCUT2D eigenvalue weighted by Gasteiger charge is -2.11. The maximum atomic E-state index is 4.60. The van der Waals surface area contributed by atoms with Crippen LogP contribution in [0.3, 0.4) is 0 Å². The minimum absolute atomic E-state index is 0.792. The van der Waals surface area contributed by atoms with E-state index in [9.17, 15) is 0 Å². The Hall–Kier alpha value is -2.04. The van der Waals surface area contributed by atoms with E-state index in [0.717, 1.165) is 54.7 Å². The second-order valence-electron chi connectivity index (χ2n) is 6.62. The van der Waals surface area contributed by atoms with Gasteiger partial charge in [0, 0.05) is 26.6 Å². The van der Waals surface area contributed by atoms with Gasteiger partial charge in [-0.2, -0.15) is 0 Å². The highest BCUT2D eigenvalue weighted by molar-refractivity contribution is 5.79. The van der Waals surface area contributed by atoms with Crippen LogP contribution in [0.1, 0.15) is 45.4 Å². The number of fused-ring (bicyclic) bond motifs is 1. The number of rotatable bonds is 9. The van der Waals surface area contributed by atoms with E-state index in [1.807, 2.05) is 25.2 Å². The van der Waals surface area contributed by atoms with E-state index in [0.29, 0.717) is 0 Å². The number of nitrogens with zero attached hydrogens (tertiary/aromatic N) is 2. The van der Waals surface area contributed by atoms with Crippen LogP contribution in [0.5, 0.6) is 0 Å². The van der Waals surface area contributed by atoms with Crippen LogP contribution in [-0.2, 0) is 6.42 Å². The van der Waals surface area contributed by atoms with Gasteiger partial charge in [-0.15, -0.1) is 0 Å². The molecule has 1 aromatic heterocycles. The summed E-state index contributed by atoms with van der Waals surface area (Å²) >= 11 is 0. The van der Waals surface area contributed by atoms with Crippen molar-refractivity contribution in [3.8, 4) is 0 Å². The van der Waals surface area contributed by atoms with Crippen LogP contribution in [0.25, 0.3) is 11.0 Å². The first-order chi connectivity index (χ1) is 11.7. The number of para-hydroxylation sites is 2. The van der Waals surface area contributed by atoms with Gasteiger partial charge in [0.2, 0.25) is 0 Å². The van der Waals surface area contributed by atoms with Gasteiger partial charge in [-0.3, -0.25) is 4.99 Å².